The van der Waals surface area contributed by atoms with Crippen LogP contribution in [0.15, 0.2) is 0 Å². The van der Waals surface area contributed by atoms with E-state index in [1.165, 1.54) is 0 Å². The van der Waals surface area contributed by atoms with Crippen molar-refractivity contribution in [3.8, 4) is 0 Å². The minimum absolute atomic E-state index is 0.450. The summed E-state index contributed by atoms with van der Waals surface area (Å²) in [5.74, 6) is 0.640. The highest BCUT2D eigenvalue weighted by atomic mass is 15.4. The van der Waals surface area contributed by atoms with Crippen LogP contribution in [0.25, 0.3) is 0 Å². The lowest BCUT2D eigenvalue weighted by molar-refractivity contribution is -0.0440. The normalized spacial score (nSPS) is 32.7. The molecule has 1 saturated heterocycles. The highest BCUT2D eigenvalue weighted by Crippen LogP contribution is 2.26. The van der Waals surface area contributed by atoms with Gasteiger partial charge in [0.05, 0.1) is 12.3 Å². The fourth-order valence-corrected chi connectivity index (χ4v) is 3.10. The van der Waals surface area contributed by atoms with Gasteiger partial charge >= 0.3 is 0 Å². The summed E-state index contributed by atoms with van der Waals surface area (Å²) in [5, 5.41) is 3.76. The summed E-state index contributed by atoms with van der Waals surface area (Å²) in [6.07, 6.45) is 0.933. The van der Waals surface area contributed by atoms with Crippen LogP contribution in [0, 0.1) is 5.92 Å². The molecule has 1 aliphatic heterocycles. The molecule has 4 atom stereocenters. The van der Waals surface area contributed by atoms with E-state index in [1.54, 1.807) is 0 Å². The van der Waals surface area contributed by atoms with Crippen LogP contribution in [-0.2, 0) is 0 Å². The summed E-state index contributed by atoms with van der Waals surface area (Å²) in [7, 11) is 2.21. The Hall–Kier alpha value is -0.120. The van der Waals surface area contributed by atoms with Crippen LogP contribution in [0.5, 0.6) is 0 Å². The molecule has 1 heterocycles. The van der Waals surface area contributed by atoms with Gasteiger partial charge in [0.1, 0.15) is 0 Å². The zero-order valence-corrected chi connectivity index (χ0v) is 14.9. The van der Waals surface area contributed by atoms with Gasteiger partial charge in [0.15, 0.2) is 0 Å². The van der Waals surface area contributed by atoms with E-state index in [1.807, 2.05) is 13.8 Å². The lowest BCUT2D eigenvalue weighted by Crippen LogP contribution is -2.67. The molecule has 0 spiro atoms. The van der Waals surface area contributed by atoms with Gasteiger partial charge in [0.25, 0.3) is 0 Å². The second-order valence-electron chi connectivity index (χ2n) is 6.19. The molecule has 0 aromatic rings. The van der Waals surface area contributed by atoms with Crippen LogP contribution < -0.4 is 5.32 Å². The molecule has 0 bridgehead atoms. The first-order valence-corrected chi connectivity index (χ1v) is 8.02. The molecule has 0 aromatic heterocycles. The van der Waals surface area contributed by atoms with Crippen molar-refractivity contribution >= 4 is 0 Å². The minimum Gasteiger partial charge on any atom is -0.288 e. The predicted octanol–water partition coefficient (Wildman–Crippen LogP) is 3.36. The molecule has 1 N–H and O–H groups in total. The minimum atomic E-state index is 0.450. The van der Waals surface area contributed by atoms with Crippen molar-refractivity contribution in [3.63, 3.8) is 0 Å². The Kier molecular flexibility index (Phi) is 8.18. The van der Waals surface area contributed by atoms with Crippen molar-refractivity contribution in [3.05, 3.63) is 0 Å². The van der Waals surface area contributed by atoms with Gasteiger partial charge in [0.2, 0.25) is 0 Å². The molecule has 3 nitrogen and oxygen atoms in total. The van der Waals surface area contributed by atoms with E-state index in [2.05, 4.69) is 70.6 Å². The molecular formula is C16H37N3. The van der Waals surface area contributed by atoms with Crippen molar-refractivity contribution < 1.29 is 0 Å². The molecular weight excluding hydrogens is 234 g/mol. The Balaban J connectivity index is 0.00000154. The maximum atomic E-state index is 3.76. The summed E-state index contributed by atoms with van der Waals surface area (Å²) in [5.41, 5.74) is 0. The highest BCUT2D eigenvalue weighted by Gasteiger charge is 2.38. The van der Waals surface area contributed by atoms with E-state index in [0.29, 0.717) is 36.4 Å². The topological polar surface area (TPSA) is 18.5 Å². The van der Waals surface area contributed by atoms with E-state index in [-0.39, 0.29) is 0 Å². The molecule has 0 radical (unpaired) electrons. The Labute approximate surface area is 121 Å². The van der Waals surface area contributed by atoms with Crippen LogP contribution in [0.1, 0.15) is 62.3 Å². The smallest absolute Gasteiger partial charge is 0.0654 e. The average molecular weight is 271 g/mol. The van der Waals surface area contributed by atoms with E-state index in [0.717, 1.165) is 0 Å². The molecule has 0 aliphatic carbocycles. The van der Waals surface area contributed by atoms with Crippen LogP contribution >= 0.6 is 0 Å². The van der Waals surface area contributed by atoms with E-state index < -0.39 is 0 Å². The second kappa shape index (κ2) is 8.23. The van der Waals surface area contributed by atoms with Crippen molar-refractivity contribution in [2.24, 2.45) is 5.92 Å². The first kappa shape index (κ1) is 18.9. The SMILES string of the molecule is CC.CC1C(C)N(C)C(C)NC1N(C(C)C)C(C)C. The summed E-state index contributed by atoms with van der Waals surface area (Å²) < 4.78 is 0. The Morgan fingerprint density at radius 2 is 1.37 bits per heavy atom. The Morgan fingerprint density at radius 1 is 0.947 bits per heavy atom. The number of nitrogens with one attached hydrogen (secondary N) is 1. The summed E-state index contributed by atoms with van der Waals surface area (Å²) in [4.78, 5) is 5.03. The van der Waals surface area contributed by atoms with Gasteiger partial charge in [-0.2, -0.15) is 0 Å². The first-order valence-electron chi connectivity index (χ1n) is 8.02. The molecule has 1 fully saturated rings. The monoisotopic (exact) mass is 271 g/mol. The molecule has 0 amide bonds. The number of nitrogens with zero attached hydrogens (tertiary/aromatic N) is 2. The molecule has 19 heavy (non-hydrogen) atoms. The van der Waals surface area contributed by atoms with Crippen molar-refractivity contribution in [1.29, 1.82) is 0 Å². The second-order valence-corrected chi connectivity index (χ2v) is 6.19. The van der Waals surface area contributed by atoms with E-state index >= 15 is 0 Å². The van der Waals surface area contributed by atoms with Crippen LogP contribution in [-0.4, -0.2) is 47.3 Å². The summed E-state index contributed by atoms with van der Waals surface area (Å²) in [6, 6.07) is 1.78. The maximum Gasteiger partial charge on any atom is 0.0654 e. The zero-order valence-electron chi connectivity index (χ0n) is 14.9. The largest absolute Gasteiger partial charge is 0.288 e. The summed E-state index contributed by atoms with van der Waals surface area (Å²) in [6.45, 7) is 20.1. The van der Waals surface area contributed by atoms with Crippen molar-refractivity contribution in [2.75, 3.05) is 7.05 Å². The fraction of sp³-hybridized carbons (Fsp3) is 1.00. The molecule has 1 aliphatic rings. The third kappa shape index (κ3) is 4.44. The Morgan fingerprint density at radius 3 is 1.74 bits per heavy atom. The average Bonchev–Trinajstić information content (AvgIpc) is 2.35. The van der Waals surface area contributed by atoms with Gasteiger partial charge in [-0.3, -0.25) is 15.1 Å². The third-order valence-electron chi connectivity index (χ3n) is 4.44. The first-order chi connectivity index (χ1) is 8.77. The van der Waals surface area contributed by atoms with Gasteiger partial charge in [-0.1, -0.05) is 20.8 Å². The molecule has 3 heteroatoms. The van der Waals surface area contributed by atoms with Gasteiger partial charge < -0.3 is 0 Å². The van der Waals surface area contributed by atoms with Crippen LogP contribution in [0.2, 0.25) is 0 Å². The van der Waals surface area contributed by atoms with Gasteiger partial charge in [-0.25, -0.2) is 0 Å². The van der Waals surface area contributed by atoms with E-state index in [9.17, 15) is 0 Å². The molecule has 116 valence electrons. The number of hydrogen-bond donors (Lipinski definition) is 1. The zero-order chi connectivity index (χ0) is 15.3. The highest BCUT2D eigenvalue weighted by molar-refractivity contribution is 4.91. The predicted molar refractivity (Wildman–Crippen MR) is 86.2 cm³/mol. The number of rotatable bonds is 3. The maximum absolute atomic E-state index is 3.76. The Bertz CT molecular complexity index is 232. The number of hydrogen-bond acceptors (Lipinski definition) is 3. The lowest BCUT2D eigenvalue weighted by atomic mass is 9.92. The molecule has 4 unspecified atom stereocenters. The van der Waals surface area contributed by atoms with Gasteiger partial charge in [-0.05, 0) is 48.6 Å². The van der Waals surface area contributed by atoms with Crippen molar-refractivity contribution in [2.45, 2.75) is 92.8 Å². The molecule has 1 rings (SSSR count). The lowest BCUT2D eigenvalue weighted by Gasteiger charge is -2.51. The quantitative estimate of drug-likeness (QED) is 0.849. The third-order valence-corrected chi connectivity index (χ3v) is 4.44. The summed E-state index contributed by atoms with van der Waals surface area (Å²) >= 11 is 0. The molecule has 0 saturated carbocycles. The van der Waals surface area contributed by atoms with E-state index in [4.69, 9.17) is 0 Å². The standard InChI is InChI=1S/C14H31N3.C2H6/c1-9(2)17(10(3)4)14-11(5)12(6)16(8)13(7)15-14;1-2/h9-15H,1-8H3;1-2H3. The van der Waals surface area contributed by atoms with Gasteiger partial charge in [-0.15, -0.1) is 0 Å². The van der Waals surface area contributed by atoms with Crippen LogP contribution in [0.3, 0.4) is 0 Å². The van der Waals surface area contributed by atoms with Crippen LogP contribution in [0.4, 0.5) is 0 Å². The molecule has 0 aromatic carbocycles. The van der Waals surface area contributed by atoms with Crippen molar-refractivity contribution in [1.82, 2.24) is 15.1 Å². The fourth-order valence-electron chi connectivity index (χ4n) is 3.10. The van der Waals surface area contributed by atoms with Gasteiger partial charge in [0, 0.05) is 24.0 Å².